The molecule has 2 aliphatic rings. The Labute approximate surface area is 97.5 Å². The van der Waals surface area contributed by atoms with Gasteiger partial charge >= 0.3 is 0 Å². The Balaban J connectivity index is 1.91. The Hall–Kier alpha value is -0.830. The third-order valence-corrected chi connectivity index (χ3v) is 3.83. The van der Waals surface area contributed by atoms with Gasteiger partial charge in [-0.15, -0.1) is 0 Å². The van der Waals surface area contributed by atoms with Crippen LogP contribution in [0.25, 0.3) is 0 Å². The molecular formula is C13H22N2O. The third-order valence-electron chi connectivity index (χ3n) is 3.83. The van der Waals surface area contributed by atoms with Gasteiger partial charge in [0.05, 0.1) is 5.54 Å². The fraction of sp³-hybridized carbons (Fsp3) is 0.769. The van der Waals surface area contributed by atoms with Crippen LogP contribution >= 0.6 is 0 Å². The summed E-state index contributed by atoms with van der Waals surface area (Å²) in [4.78, 5) is 12.2. The first-order valence-corrected chi connectivity index (χ1v) is 6.35. The van der Waals surface area contributed by atoms with Crippen molar-refractivity contribution in [2.75, 3.05) is 0 Å². The normalized spacial score (nSPS) is 35.2. The number of amides is 1. The lowest BCUT2D eigenvalue weighted by Crippen LogP contribution is -2.57. The van der Waals surface area contributed by atoms with E-state index in [4.69, 9.17) is 5.73 Å². The van der Waals surface area contributed by atoms with E-state index < -0.39 is 5.54 Å². The van der Waals surface area contributed by atoms with Crippen molar-refractivity contribution in [3.8, 4) is 0 Å². The van der Waals surface area contributed by atoms with Crippen LogP contribution in [0.5, 0.6) is 0 Å². The van der Waals surface area contributed by atoms with Crippen molar-refractivity contribution in [2.24, 2.45) is 11.7 Å². The van der Waals surface area contributed by atoms with Crippen LogP contribution in [0.3, 0.4) is 0 Å². The van der Waals surface area contributed by atoms with Crippen LogP contribution in [-0.2, 0) is 4.79 Å². The number of carbonyl (C=O) groups excluding carboxylic acids is 1. The lowest BCUT2D eigenvalue weighted by Gasteiger charge is -2.36. The van der Waals surface area contributed by atoms with Gasteiger partial charge in [0.2, 0.25) is 5.91 Å². The van der Waals surface area contributed by atoms with Crippen LogP contribution in [0.2, 0.25) is 0 Å². The first-order chi connectivity index (χ1) is 7.60. The predicted molar refractivity (Wildman–Crippen MR) is 64.9 cm³/mol. The first-order valence-electron chi connectivity index (χ1n) is 6.35. The zero-order valence-corrected chi connectivity index (χ0v) is 10.0. The summed E-state index contributed by atoms with van der Waals surface area (Å²) in [5.41, 5.74) is 5.63. The van der Waals surface area contributed by atoms with E-state index in [1.54, 1.807) is 0 Å². The summed E-state index contributed by atoms with van der Waals surface area (Å²) in [6.45, 7) is 2.19. The average Bonchev–Trinajstić information content (AvgIpc) is 2.70. The highest BCUT2D eigenvalue weighted by molar-refractivity contribution is 5.86. The molecule has 0 saturated heterocycles. The number of rotatable bonds is 2. The van der Waals surface area contributed by atoms with E-state index in [1.165, 1.54) is 6.42 Å². The van der Waals surface area contributed by atoms with Gasteiger partial charge in [0.1, 0.15) is 0 Å². The van der Waals surface area contributed by atoms with Crippen molar-refractivity contribution < 1.29 is 4.79 Å². The second kappa shape index (κ2) is 4.58. The first kappa shape index (κ1) is 11.6. The van der Waals surface area contributed by atoms with Gasteiger partial charge in [0.15, 0.2) is 0 Å². The number of carbonyl (C=O) groups is 1. The molecule has 1 amide bonds. The maximum Gasteiger partial charge on any atom is 0.240 e. The minimum Gasteiger partial charge on any atom is -0.351 e. The molecular weight excluding hydrogens is 200 g/mol. The summed E-state index contributed by atoms with van der Waals surface area (Å²) in [6, 6.07) is 0.283. The van der Waals surface area contributed by atoms with Gasteiger partial charge < -0.3 is 11.1 Å². The molecule has 0 bridgehead atoms. The zero-order chi connectivity index (χ0) is 11.6. The molecule has 1 saturated carbocycles. The van der Waals surface area contributed by atoms with E-state index in [-0.39, 0.29) is 11.9 Å². The van der Waals surface area contributed by atoms with Gasteiger partial charge in [0.25, 0.3) is 0 Å². The quantitative estimate of drug-likeness (QED) is 0.699. The SMILES string of the molecule is CC1CCCC(N)(C(=O)NC2CC=CC2)C1. The molecule has 90 valence electrons. The highest BCUT2D eigenvalue weighted by atomic mass is 16.2. The van der Waals surface area contributed by atoms with Crippen molar-refractivity contribution in [1.29, 1.82) is 0 Å². The molecule has 0 radical (unpaired) electrons. The van der Waals surface area contributed by atoms with Gasteiger partial charge in [0, 0.05) is 6.04 Å². The highest BCUT2D eigenvalue weighted by Crippen LogP contribution is 2.30. The zero-order valence-electron chi connectivity index (χ0n) is 10.0. The molecule has 0 heterocycles. The Kier molecular flexibility index (Phi) is 3.33. The summed E-state index contributed by atoms with van der Waals surface area (Å²) in [7, 11) is 0. The standard InChI is InChI=1S/C13H22N2O/c1-10-5-4-8-13(14,9-10)12(16)15-11-6-2-3-7-11/h2-3,10-11H,4-9,14H2,1H3,(H,15,16). The lowest BCUT2D eigenvalue weighted by molar-refractivity contribution is -0.128. The van der Waals surface area contributed by atoms with E-state index in [0.29, 0.717) is 5.92 Å². The minimum absolute atomic E-state index is 0.0627. The third kappa shape index (κ3) is 2.46. The average molecular weight is 222 g/mol. The van der Waals surface area contributed by atoms with Gasteiger partial charge in [-0.25, -0.2) is 0 Å². The highest BCUT2D eigenvalue weighted by Gasteiger charge is 2.38. The smallest absolute Gasteiger partial charge is 0.240 e. The number of hydrogen-bond acceptors (Lipinski definition) is 2. The molecule has 3 nitrogen and oxygen atoms in total. The summed E-state index contributed by atoms with van der Waals surface area (Å²) in [6.07, 6.45) is 10.1. The van der Waals surface area contributed by atoms with Crippen molar-refractivity contribution in [3.05, 3.63) is 12.2 Å². The molecule has 0 aromatic heterocycles. The van der Waals surface area contributed by atoms with E-state index in [9.17, 15) is 4.79 Å². The Morgan fingerprint density at radius 3 is 2.75 bits per heavy atom. The van der Waals surface area contributed by atoms with Crippen LogP contribution in [0.4, 0.5) is 0 Å². The molecule has 0 aromatic carbocycles. The molecule has 1 fully saturated rings. The molecule has 0 spiro atoms. The largest absolute Gasteiger partial charge is 0.351 e. The van der Waals surface area contributed by atoms with Crippen molar-refractivity contribution in [2.45, 2.75) is 57.0 Å². The molecule has 16 heavy (non-hydrogen) atoms. The number of hydrogen-bond donors (Lipinski definition) is 2. The van der Waals surface area contributed by atoms with E-state index in [0.717, 1.165) is 32.1 Å². The maximum absolute atomic E-state index is 12.2. The summed E-state index contributed by atoms with van der Waals surface area (Å²) in [5, 5.41) is 3.08. The topological polar surface area (TPSA) is 55.1 Å². The monoisotopic (exact) mass is 222 g/mol. The molecule has 2 atom stereocenters. The lowest BCUT2D eigenvalue weighted by atomic mass is 9.76. The molecule has 3 heteroatoms. The summed E-state index contributed by atoms with van der Waals surface area (Å²) in [5.74, 6) is 0.638. The maximum atomic E-state index is 12.2. The van der Waals surface area contributed by atoms with Crippen LogP contribution in [0.1, 0.15) is 45.4 Å². The molecule has 2 aliphatic carbocycles. The Morgan fingerprint density at radius 2 is 2.12 bits per heavy atom. The van der Waals surface area contributed by atoms with Crippen molar-refractivity contribution >= 4 is 5.91 Å². The van der Waals surface area contributed by atoms with E-state index in [1.807, 2.05) is 0 Å². The molecule has 0 aromatic rings. The van der Waals surface area contributed by atoms with Crippen LogP contribution in [0.15, 0.2) is 12.2 Å². The predicted octanol–water partition coefficient (Wildman–Crippen LogP) is 1.73. The van der Waals surface area contributed by atoms with Gasteiger partial charge in [-0.3, -0.25) is 4.79 Å². The van der Waals surface area contributed by atoms with E-state index in [2.05, 4.69) is 24.4 Å². The number of nitrogens with one attached hydrogen (secondary N) is 1. The molecule has 0 aliphatic heterocycles. The Morgan fingerprint density at radius 1 is 1.44 bits per heavy atom. The van der Waals surface area contributed by atoms with Crippen molar-refractivity contribution in [1.82, 2.24) is 5.32 Å². The van der Waals surface area contributed by atoms with Crippen molar-refractivity contribution in [3.63, 3.8) is 0 Å². The second-order valence-electron chi connectivity index (χ2n) is 5.47. The summed E-state index contributed by atoms with van der Waals surface area (Å²) >= 11 is 0. The van der Waals surface area contributed by atoms with Gasteiger partial charge in [-0.1, -0.05) is 31.9 Å². The van der Waals surface area contributed by atoms with E-state index >= 15 is 0 Å². The Bertz CT molecular complexity index is 292. The fourth-order valence-corrected chi connectivity index (χ4v) is 2.86. The van der Waals surface area contributed by atoms with Crippen LogP contribution in [0, 0.1) is 5.92 Å². The molecule has 3 N–H and O–H groups in total. The van der Waals surface area contributed by atoms with Crippen LogP contribution < -0.4 is 11.1 Å². The second-order valence-corrected chi connectivity index (χ2v) is 5.47. The number of nitrogens with two attached hydrogens (primary N) is 1. The summed E-state index contributed by atoms with van der Waals surface area (Å²) < 4.78 is 0. The minimum atomic E-state index is -0.611. The molecule has 2 unspecified atom stereocenters. The fourth-order valence-electron chi connectivity index (χ4n) is 2.86. The van der Waals surface area contributed by atoms with Crippen LogP contribution in [-0.4, -0.2) is 17.5 Å². The molecule has 2 rings (SSSR count). The van der Waals surface area contributed by atoms with Gasteiger partial charge in [-0.2, -0.15) is 0 Å². The van der Waals surface area contributed by atoms with Gasteiger partial charge in [-0.05, 0) is 31.6 Å².